The first-order valence-electron chi connectivity index (χ1n) is 8.62. The van der Waals surface area contributed by atoms with Gasteiger partial charge in [0.05, 0.1) is 18.2 Å². The fourth-order valence-corrected chi connectivity index (χ4v) is 3.05. The zero-order valence-corrected chi connectivity index (χ0v) is 13.8. The molecule has 2 amide bonds. The number of hydrogen-bond donors (Lipinski definition) is 2. The number of anilines is 2. The molecule has 1 unspecified atom stereocenters. The van der Waals surface area contributed by atoms with Gasteiger partial charge >= 0.3 is 0 Å². The van der Waals surface area contributed by atoms with Crippen LogP contribution >= 0.6 is 0 Å². The number of ether oxygens (including phenoxy) is 1. The summed E-state index contributed by atoms with van der Waals surface area (Å²) in [6.07, 6.45) is 2.57. The van der Waals surface area contributed by atoms with Crippen LogP contribution in [0.1, 0.15) is 30.7 Å². The summed E-state index contributed by atoms with van der Waals surface area (Å²) < 4.78 is 5.85. The van der Waals surface area contributed by atoms with Crippen LogP contribution in [-0.4, -0.2) is 18.4 Å². The van der Waals surface area contributed by atoms with Crippen molar-refractivity contribution in [1.29, 1.82) is 0 Å². The van der Waals surface area contributed by atoms with Crippen molar-refractivity contribution >= 4 is 23.2 Å². The van der Waals surface area contributed by atoms with Crippen molar-refractivity contribution < 1.29 is 14.3 Å². The second-order valence-electron chi connectivity index (χ2n) is 6.63. The van der Waals surface area contributed by atoms with E-state index >= 15 is 0 Å². The first-order chi connectivity index (χ1) is 12.2. The number of carbonyl (C=O) groups excluding carboxylic acids is 2. The second-order valence-corrected chi connectivity index (χ2v) is 6.63. The number of carbonyl (C=O) groups is 2. The van der Waals surface area contributed by atoms with E-state index in [1.807, 2.05) is 48.5 Å². The Morgan fingerprint density at radius 2 is 1.88 bits per heavy atom. The Hall–Kier alpha value is -2.82. The summed E-state index contributed by atoms with van der Waals surface area (Å²) in [5.41, 5.74) is 2.20. The number of hydrogen-bond acceptors (Lipinski definition) is 3. The fourth-order valence-electron chi connectivity index (χ4n) is 3.05. The second kappa shape index (κ2) is 6.59. The molecule has 1 heterocycles. The van der Waals surface area contributed by atoms with E-state index in [1.165, 1.54) is 12.8 Å². The molecule has 1 aliphatic carbocycles. The molecule has 1 aliphatic heterocycles. The highest BCUT2D eigenvalue weighted by atomic mass is 16.5. The van der Waals surface area contributed by atoms with Crippen molar-refractivity contribution in [3.05, 3.63) is 54.1 Å². The summed E-state index contributed by atoms with van der Waals surface area (Å²) in [6, 6.07) is 14.9. The minimum atomic E-state index is -0.499. The largest absolute Gasteiger partial charge is 0.491 e. The molecule has 1 atom stereocenters. The summed E-state index contributed by atoms with van der Waals surface area (Å²) in [5, 5.41) is 5.76. The molecule has 1 saturated carbocycles. The molecule has 1 fully saturated rings. The highest BCUT2D eigenvalue weighted by Gasteiger charge is 2.31. The van der Waals surface area contributed by atoms with Crippen molar-refractivity contribution in [1.82, 2.24) is 0 Å². The third-order valence-corrected chi connectivity index (χ3v) is 4.63. The maximum absolute atomic E-state index is 12.8. The van der Waals surface area contributed by atoms with Gasteiger partial charge in [-0.25, -0.2) is 0 Å². The van der Waals surface area contributed by atoms with Gasteiger partial charge in [0, 0.05) is 12.1 Å². The molecule has 2 aromatic carbocycles. The minimum Gasteiger partial charge on any atom is -0.491 e. The summed E-state index contributed by atoms with van der Waals surface area (Å²) in [7, 11) is 0. The average Bonchev–Trinajstić information content (AvgIpc) is 3.44. The minimum absolute atomic E-state index is 0.142. The van der Waals surface area contributed by atoms with Gasteiger partial charge in [0.1, 0.15) is 5.75 Å². The van der Waals surface area contributed by atoms with Crippen molar-refractivity contribution in [2.45, 2.75) is 25.2 Å². The van der Waals surface area contributed by atoms with Crippen LogP contribution in [0.3, 0.4) is 0 Å². The van der Waals surface area contributed by atoms with Gasteiger partial charge in [-0.3, -0.25) is 9.59 Å². The number of nitrogens with one attached hydrogen (secondary N) is 2. The zero-order valence-electron chi connectivity index (χ0n) is 13.8. The van der Waals surface area contributed by atoms with Gasteiger partial charge in [-0.2, -0.15) is 0 Å². The van der Waals surface area contributed by atoms with E-state index in [9.17, 15) is 9.59 Å². The maximum atomic E-state index is 12.8. The first kappa shape index (κ1) is 15.7. The van der Waals surface area contributed by atoms with Crippen molar-refractivity contribution in [3.63, 3.8) is 0 Å². The maximum Gasteiger partial charge on any atom is 0.232 e. The van der Waals surface area contributed by atoms with Crippen molar-refractivity contribution in [2.75, 3.05) is 17.2 Å². The Kier molecular flexibility index (Phi) is 4.14. The van der Waals surface area contributed by atoms with Gasteiger partial charge in [0.25, 0.3) is 0 Å². The topological polar surface area (TPSA) is 67.4 Å². The molecule has 0 bridgehead atoms. The third-order valence-electron chi connectivity index (χ3n) is 4.63. The van der Waals surface area contributed by atoms with Crippen LogP contribution in [0.15, 0.2) is 48.5 Å². The Morgan fingerprint density at radius 3 is 2.72 bits per heavy atom. The Bertz CT molecular complexity index is 814. The van der Waals surface area contributed by atoms with E-state index in [0.717, 1.165) is 5.56 Å². The molecule has 128 valence electrons. The first-order valence-corrected chi connectivity index (χ1v) is 8.62. The van der Waals surface area contributed by atoms with Crippen molar-refractivity contribution in [3.8, 4) is 5.75 Å². The van der Waals surface area contributed by atoms with E-state index < -0.39 is 5.92 Å². The lowest BCUT2D eigenvalue weighted by molar-refractivity contribution is -0.123. The van der Waals surface area contributed by atoms with Gasteiger partial charge in [0.2, 0.25) is 11.8 Å². The normalized spacial score (nSPS) is 18.9. The molecule has 2 aliphatic rings. The molecule has 2 aromatic rings. The summed E-state index contributed by atoms with van der Waals surface area (Å²) >= 11 is 0. The standard InChI is InChI=1S/C20H20N2O3/c23-19-11-15(14-5-1-2-6-16(14)21-19)20(24)22-17-7-3-4-8-18(17)25-12-13-9-10-13/h1-8,13,15H,9-12H2,(H,21,23)(H,22,24). The molecule has 25 heavy (non-hydrogen) atoms. The van der Waals surface area contributed by atoms with E-state index in [4.69, 9.17) is 4.74 Å². The van der Waals surface area contributed by atoms with Crippen LogP contribution in [0, 0.1) is 5.92 Å². The highest BCUT2D eigenvalue weighted by Crippen LogP contribution is 2.35. The predicted octanol–water partition coefficient (Wildman–Crippen LogP) is 3.54. The Morgan fingerprint density at radius 1 is 1.12 bits per heavy atom. The van der Waals surface area contributed by atoms with Gasteiger partial charge < -0.3 is 15.4 Å². The summed E-state index contributed by atoms with van der Waals surface area (Å²) in [4.78, 5) is 24.8. The van der Waals surface area contributed by atoms with Crippen LogP contribution in [0.5, 0.6) is 5.75 Å². The molecule has 5 heteroatoms. The molecule has 0 radical (unpaired) electrons. The van der Waals surface area contributed by atoms with Crippen LogP contribution in [0.4, 0.5) is 11.4 Å². The van der Waals surface area contributed by atoms with Crippen molar-refractivity contribution in [2.24, 2.45) is 5.92 Å². The predicted molar refractivity (Wildman–Crippen MR) is 95.7 cm³/mol. The molecule has 0 spiro atoms. The number of rotatable bonds is 5. The number of para-hydroxylation sites is 3. The lowest BCUT2D eigenvalue weighted by atomic mass is 9.90. The van der Waals surface area contributed by atoms with Crippen LogP contribution in [-0.2, 0) is 9.59 Å². The smallest absolute Gasteiger partial charge is 0.232 e. The van der Waals surface area contributed by atoms with Crippen LogP contribution in [0.2, 0.25) is 0 Å². The molecule has 0 aromatic heterocycles. The number of benzene rings is 2. The molecule has 5 nitrogen and oxygen atoms in total. The number of amides is 2. The number of fused-ring (bicyclic) bond motifs is 1. The van der Waals surface area contributed by atoms with E-state index in [-0.39, 0.29) is 18.2 Å². The third kappa shape index (κ3) is 3.50. The van der Waals surface area contributed by atoms with Crippen LogP contribution < -0.4 is 15.4 Å². The highest BCUT2D eigenvalue weighted by molar-refractivity contribution is 6.05. The average molecular weight is 336 g/mol. The molecule has 0 saturated heterocycles. The molecular formula is C20H20N2O3. The lowest BCUT2D eigenvalue weighted by Gasteiger charge is -2.25. The molecule has 2 N–H and O–H groups in total. The van der Waals surface area contributed by atoms with Gasteiger partial charge in [-0.05, 0) is 42.5 Å². The lowest BCUT2D eigenvalue weighted by Crippen LogP contribution is -2.30. The fraction of sp³-hybridized carbons (Fsp3) is 0.300. The van der Waals surface area contributed by atoms with E-state index in [2.05, 4.69) is 10.6 Å². The van der Waals surface area contributed by atoms with Crippen LogP contribution in [0.25, 0.3) is 0 Å². The SMILES string of the molecule is O=C1CC(C(=O)Nc2ccccc2OCC2CC2)c2ccccc2N1. The van der Waals surface area contributed by atoms with E-state index in [1.54, 1.807) is 0 Å². The zero-order chi connectivity index (χ0) is 17.2. The van der Waals surface area contributed by atoms with Gasteiger partial charge in [-0.15, -0.1) is 0 Å². The Balaban J connectivity index is 1.53. The summed E-state index contributed by atoms with van der Waals surface area (Å²) in [5.74, 6) is 0.484. The van der Waals surface area contributed by atoms with Gasteiger partial charge in [-0.1, -0.05) is 30.3 Å². The molecule has 4 rings (SSSR count). The van der Waals surface area contributed by atoms with Gasteiger partial charge in [0.15, 0.2) is 0 Å². The quantitative estimate of drug-likeness (QED) is 0.877. The monoisotopic (exact) mass is 336 g/mol. The Labute approximate surface area is 146 Å². The van der Waals surface area contributed by atoms with E-state index in [0.29, 0.717) is 29.6 Å². The molecular weight excluding hydrogens is 316 g/mol. The summed E-state index contributed by atoms with van der Waals surface area (Å²) in [6.45, 7) is 0.682.